The van der Waals surface area contributed by atoms with Gasteiger partial charge >= 0.3 is 0 Å². The molecule has 0 radical (unpaired) electrons. The topological polar surface area (TPSA) is 49.6 Å². The van der Waals surface area contributed by atoms with Crippen LogP contribution in [0.4, 0.5) is 0 Å². The van der Waals surface area contributed by atoms with E-state index in [1.165, 1.54) is 18.5 Å². The Labute approximate surface area is 123 Å². The standard InChI is InChI=1S/C16H29N3O/c1-3-19(15-7-5-4-6-8-15)16(20)12-18-11-14(10-17)9-13(18)2/h7,13-14H,3-6,8-12,17H2,1-2H3. The molecule has 114 valence electrons. The minimum absolute atomic E-state index is 0.255. The number of amides is 1. The fraction of sp³-hybridized carbons (Fsp3) is 0.812. The van der Waals surface area contributed by atoms with Gasteiger partial charge in [0.25, 0.3) is 0 Å². The van der Waals surface area contributed by atoms with E-state index in [0.717, 1.165) is 38.9 Å². The van der Waals surface area contributed by atoms with E-state index in [0.29, 0.717) is 18.5 Å². The zero-order chi connectivity index (χ0) is 14.5. The predicted molar refractivity (Wildman–Crippen MR) is 82.1 cm³/mol. The molecule has 4 heteroatoms. The van der Waals surface area contributed by atoms with Gasteiger partial charge in [0, 0.05) is 24.8 Å². The van der Waals surface area contributed by atoms with Crippen molar-refractivity contribution in [2.75, 3.05) is 26.2 Å². The number of nitrogens with two attached hydrogens (primary N) is 1. The molecule has 2 N–H and O–H groups in total. The van der Waals surface area contributed by atoms with Crippen molar-refractivity contribution in [3.05, 3.63) is 11.8 Å². The summed E-state index contributed by atoms with van der Waals surface area (Å²) in [7, 11) is 0. The molecule has 1 heterocycles. The number of carbonyl (C=O) groups is 1. The van der Waals surface area contributed by atoms with Crippen LogP contribution in [0.25, 0.3) is 0 Å². The number of rotatable bonds is 5. The molecule has 1 aliphatic heterocycles. The molecule has 0 aromatic heterocycles. The number of likely N-dealkylation sites (tertiary alicyclic amines) is 1. The number of hydrogen-bond donors (Lipinski definition) is 1. The Morgan fingerprint density at radius 3 is 2.85 bits per heavy atom. The molecule has 1 aliphatic carbocycles. The Morgan fingerprint density at radius 2 is 2.30 bits per heavy atom. The lowest BCUT2D eigenvalue weighted by atomic mass is 10.0. The Morgan fingerprint density at radius 1 is 1.50 bits per heavy atom. The first-order valence-corrected chi connectivity index (χ1v) is 8.09. The molecule has 1 fully saturated rings. The molecule has 1 saturated heterocycles. The lowest BCUT2D eigenvalue weighted by molar-refractivity contribution is -0.130. The Kier molecular flexibility index (Phi) is 5.61. The molecule has 2 unspecified atom stereocenters. The van der Waals surface area contributed by atoms with Crippen molar-refractivity contribution in [1.82, 2.24) is 9.80 Å². The molecule has 0 spiro atoms. The predicted octanol–water partition coefficient (Wildman–Crippen LogP) is 1.96. The first kappa shape index (κ1) is 15.5. The summed E-state index contributed by atoms with van der Waals surface area (Å²) in [6.45, 7) is 7.32. The van der Waals surface area contributed by atoms with Gasteiger partial charge < -0.3 is 10.6 Å². The summed E-state index contributed by atoms with van der Waals surface area (Å²) in [5, 5.41) is 0. The van der Waals surface area contributed by atoms with Crippen LogP contribution in [0.1, 0.15) is 46.0 Å². The summed E-state index contributed by atoms with van der Waals surface area (Å²) in [5.74, 6) is 0.812. The highest BCUT2D eigenvalue weighted by molar-refractivity contribution is 5.80. The molecule has 0 aromatic rings. The number of likely N-dealkylation sites (N-methyl/N-ethyl adjacent to an activating group) is 1. The fourth-order valence-electron chi connectivity index (χ4n) is 3.47. The van der Waals surface area contributed by atoms with E-state index in [4.69, 9.17) is 5.73 Å². The summed E-state index contributed by atoms with van der Waals surface area (Å²) in [6, 6.07) is 0.478. The van der Waals surface area contributed by atoms with Crippen molar-refractivity contribution in [3.63, 3.8) is 0 Å². The lowest BCUT2D eigenvalue weighted by Gasteiger charge is -2.29. The van der Waals surface area contributed by atoms with Gasteiger partial charge in [0.05, 0.1) is 6.54 Å². The van der Waals surface area contributed by atoms with Gasteiger partial charge in [0.1, 0.15) is 0 Å². The summed E-state index contributed by atoms with van der Waals surface area (Å²) >= 11 is 0. The van der Waals surface area contributed by atoms with Crippen molar-refractivity contribution in [2.24, 2.45) is 11.7 Å². The molecule has 2 aliphatic rings. The van der Waals surface area contributed by atoms with E-state index in [1.807, 2.05) is 4.90 Å². The number of allylic oxidation sites excluding steroid dienone is 2. The summed E-state index contributed by atoms with van der Waals surface area (Å²) in [5.41, 5.74) is 7.00. The van der Waals surface area contributed by atoms with Gasteiger partial charge in [-0.15, -0.1) is 0 Å². The van der Waals surface area contributed by atoms with E-state index in [2.05, 4.69) is 24.8 Å². The SMILES string of the molecule is CCN(C(=O)CN1CC(CN)CC1C)C1=CCCCC1. The second-order valence-corrected chi connectivity index (χ2v) is 6.20. The van der Waals surface area contributed by atoms with Crippen molar-refractivity contribution >= 4 is 5.91 Å². The highest BCUT2D eigenvalue weighted by Crippen LogP contribution is 2.24. The molecular formula is C16H29N3O. The summed E-state index contributed by atoms with van der Waals surface area (Å²) in [6.07, 6.45) is 8.02. The van der Waals surface area contributed by atoms with Gasteiger partial charge in [-0.3, -0.25) is 9.69 Å². The minimum Gasteiger partial charge on any atom is -0.330 e. The van der Waals surface area contributed by atoms with Crippen LogP contribution in [0.5, 0.6) is 0 Å². The number of nitrogens with zero attached hydrogens (tertiary/aromatic N) is 2. The summed E-state index contributed by atoms with van der Waals surface area (Å²) < 4.78 is 0. The molecule has 2 rings (SSSR count). The number of hydrogen-bond acceptors (Lipinski definition) is 3. The molecule has 1 amide bonds. The molecule has 0 saturated carbocycles. The van der Waals surface area contributed by atoms with Gasteiger partial charge in [-0.25, -0.2) is 0 Å². The highest BCUT2D eigenvalue weighted by Gasteiger charge is 2.30. The van der Waals surface area contributed by atoms with E-state index < -0.39 is 0 Å². The van der Waals surface area contributed by atoms with Crippen molar-refractivity contribution < 1.29 is 4.79 Å². The van der Waals surface area contributed by atoms with Crippen LogP contribution in [-0.2, 0) is 4.79 Å². The van der Waals surface area contributed by atoms with Gasteiger partial charge in [-0.2, -0.15) is 0 Å². The largest absolute Gasteiger partial charge is 0.330 e. The van der Waals surface area contributed by atoms with Crippen LogP contribution >= 0.6 is 0 Å². The van der Waals surface area contributed by atoms with Gasteiger partial charge in [-0.1, -0.05) is 6.08 Å². The Hall–Kier alpha value is -0.870. The Balaban J connectivity index is 1.94. The fourth-order valence-corrected chi connectivity index (χ4v) is 3.47. The van der Waals surface area contributed by atoms with Gasteiger partial charge in [-0.05, 0) is 58.4 Å². The maximum Gasteiger partial charge on any atom is 0.240 e. The zero-order valence-electron chi connectivity index (χ0n) is 13.0. The molecule has 2 atom stereocenters. The van der Waals surface area contributed by atoms with E-state index in [-0.39, 0.29) is 5.91 Å². The highest BCUT2D eigenvalue weighted by atomic mass is 16.2. The number of carbonyl (C=O) groups excluding carboxylic acids is 1. The first-order chi connectivity index (χ1) is 9.65. The molecular weight excluding hydrogens is 250 g/mol. The van der Waals surface area contributed by atoms with Crippen molar-refractivity contribution in [1.29, 1.82) is 0 Å². The van der Waals surface area contributed by atoms with Gasteiger partial charge in [0.15, 0.2) is 0 Å². The zero-order valence-corrected chi connectivity index (χ0v) is 13.0. The molecule has 20 heavy (non-hydrogen) atoms. The lowest BCUT2D eigenvalue weighted by Crippen LogP contribution is -2.41. The maximum atomic E-state index is 12.6. The second-order valence-electron chi connectivity index (χ2n) is 6.20. The van der Waals surface area contributed by atoms with Crippen LogP contribution in [0, 0.1) is 5.92 Å². The van der Waals surface area contributed by atoms with Crippen LogP contribution in [-0.4, -0.2) is 47.9 Å². The molecule has 0 aromatic carbocycles. The third-order valence-electron chi connectivity index (χ3n) is 4.69. The normalized spacial score (nSPS) is 27.4. The smallest absolute Gasteiger partial charge is 0.240 e. The van der Waals surface area contributed by atoms with E-state index in [1.54, 1.807) is 0 Å². The first-order valence-electron chi connectivity index (χ1n) is 8.09. The van der Waals surface area contributed by atoms with E-state index >= 15 is 0 Å². The average molecular weight is 279 g/mol. The van der Waals surface area contributed by atoms with Crippen LogP contribution in [0.3, 0.4) is 0 Å². The minimum atomic E-state index is 0.255. The van der Waals surface area contributed by atoms with Crippen molar-refractivity contribution in [2.45, 2.75) is 52.0 Å². The third-order valence-corrected chi connectivity index (χ3v) is 4.69. The second kappa shape index (κ2) is 7.23. The van der Waals surface area contributed by atoms with Gasteiger partial charge in [0.2, 0.25) is 5.91 Å². The van der Waals surface area contributed by atoms with Crippen LogP contribution < -0.4 is 5.73 Å². The third kappa shape index (κ3) is 3.61. The van der Waals surface area contributed by atoms with Crippen LogP contribution in [0.2, 0.25) is 0 Å². The molecule has 0 bridgehead atoms. The van der Waals surface area contributed by atoms with Crippen molar-refractivity contribution in [3.8, 4) is 0 Å². The van der Waals surface area contributed by atoms with Crippen LogP contribution in [0.15, 0.2) is 11.8 Å². The Bertz CT molecular complexity index is 367. The monoisotopic (exact) mass is 279 g/mol. The quantitative estimate of drug-likeness (QED) is 0.837. The summed E-state index contributed by atoms with van der Waals surface area (Å²) in [4.78, 5) is 16.9. The molecule has 4 nitrogen and oxygen atoms in total. The maximum absolute atomic E-state index is 12.6. The van der Waals surface area contributed by atoms with E-state index in [9.17, 15) is 4.79 Å². The average Bonchev–Trinajstić information content (AvgIpc) is 2.81.